The van der Waals surface area contributed by atoms with Crippen LogP contribution < -0.4 is 10.6 Å². The molecule has 228 valence electrons. The van der Waals surface area contributed by atoms with E-state index in [2.05, 4.69) is 36.6 Å². The maximum absolute atomic E-state index is 13.5. The number of carbonyl (C=O) groups is 2. The number of aryl methyl sites for hydroxylation is 1. The Kier molecular flexibility index (Phi) is 9.60. The number of rotatable bonds is 10. The molecule has 4 rings (SSSR count). The molecule has 0 spiro atoms. The van der Waals surface area contributed by atoms with Gasteiger partial charge < -0.3 is 15.7 Å². The Labute approximate surface area is 255 Å². The molecule has 8 nitrogen and oxygen atoms in total. The van der Waals surface area contributed by atoms with Gasteiger partial charge in [-0.3, -0.25) is 14.3 Å². The number of benzene rings is 2. The number of pyridine rings is 1. The molecular formula is C31H33BrF3N5O3. The van der Waals surface area contributed by atoms with Crippen molar-refractivity contribution in [1.82, 2.24) is 20.1 Å². The summed E-state index contributed by atoms with van der Waals surface area (Å²) in [5.74, 6) is -0.897. The summed E-state index contributed by atoms with van der Waals surface area (Å²) in [6.07, 6.45) is -3.17. The van der Waals surface area contributed by atoms with Crippen LogP contribution in [0.25, 0.3) is 10.9 Å². The number of alkyl halides is 3. The molecule has 0 aliphatic heterocycles. The summed E-state index contributed by atoms with van der Waals surface area (Å²) in [7, 11) is 0. The third kappa shape index (κ3) is 7.80. The average molecular weight is 661 g/mol. The molecule has 0 unspecified atom stereocenters. The van der Waals surface area contributed by atoms with Crippen LogP contribution in [0.4, 0.5) is 18.9 Å². The van der Waals surface area contributed by atoms with Crippen LogP contribution in [0.3, 0.4) is 0 Å². The zero-order valence-electron chi connectivity index (χ0n) is 24.3. The van der Waals surface area contributed by atoms with E-state index < -0.39 is 17.8 Å². The van der Waals surface area contributed by atoms with E-state index in [1.165, 1.54) is 6.07 Å². The SMILES string of the molecule is Cc1nn(Cc2ccc(C(=O)NCCCC(C)(C)CO)cc2)c(C)c1NC(=O)c1cc(C(F)(F)F)nc2ccc(Br)cc12. The Morgan fingerprint density at radius 2 is 1.72 bits per heavy atom. The first-order valence-electron chi connectivity index (χ1n) is 13.7. The molecule has 2 amide bonds. The van der Waals surface area contributed by atoms with Crippen molar-refractivity contribution in [2.45, 2.75) is 53.3 Å². The van der Waals surface area contributed by atoms with Gasteiger partial charge in [-0.15, -0.1) is 0 Å². The highest BCUT2D eigenvalue weighted by Crippen LogP contribution is 2.33. The Morgan fingerprint density at radius 1 is 1.02 bits per heavy atom. The zero-order valence-corrected chi connectivity index (χ0v) is 25.9. The van der Waals surface area contributed by atoms with Crippen molar-refractivity contribution in [3.63, 3.8) is 0 Å². The van der Waals surface area contributed by atoms with Crippen molar-refractivity contribution in [2.75, 3.05) is 18.5 Å². The lowest BCUT2D eigenvalue weighted by Crippen LogP contribution is -2.26. The van der Waals surface area contributed by atoms with Crippen LogP contribution in [-0.4, -0.2) is 44.8 Å². The molecule has 0 fully saturated rings. The molecular weight excluding hydrogens is 627 g/mol. The summed E-state index contributed by atoms with van der Waals surface area (Å²) in [5.41, 5.74) is 1.46. The fraction of sp³-hybridized carbons (Fsp3) is 0.355. The highest BCUT2D eigenvalue weighted by Gasteiger charge is 2.34. The molecule has 4 aromatic rings. The Bertz CT molecular complexity index is 1650. The van der Waals surface area contributed by atoms with E-state index in [0.29, 0.717) is 40.2 Å². The van der Waals surface area contributed by atoms with E-state index >= 15 is 0 Å². The van der Waals surface area contributed by atoms with Crippen LogP contribution in [0, 0.1) is 19.3 Å². The van der Waals surface area contributed by atoms with Crippen LogP contribution >= 0.6 is 15.9 Å². The van der Waals surface area contributed by atoms with Crippen molar-refractivity contribution < 1.29 is 27.9 Å². The van der Waals surface area contributed by atoms with Gasteiger partial charge in [-0.05, 0) is 74.1 Å². The van der Waals surface area contributed by atoms with Crippen LogP contribution in [0.5, 0.6) is 0 Å². The number of aromatic nitrogens is 3. The summed E-state index contributed by atoms with van der Waals surface area (Å²) in [6.45, 7) is 8.37. The minimum Gasteiger partial charge on any atom is -0.396 e. The summed E-state index contributed by atoms with van der Waals surface area (Å²) in [4.78, 5) is 29.6. The second-order valence-electron chi connectivity index (χ2n) is 11.3. The second kappa shape index (κ2) is 12.8. The average Bonchev–Trinajstić information content (AvgIpc) is 3.21. The number of aliphatic hydroxyl groups excluding tert-OH is 1. The van der Waals surface area contributed by atoms with E-state index in [-0.39, 0.29) is 34.4 Å². The monoisotopic (exact) mass is 659 g/mol. The lowest BCUT2D eigenvalue weighted by molar-refractivity contribution is -0.141. The van der Waals surface area contributed by atoms with Gasteiger partial charge in [-0.1, -0.05) is 41.9 Å². The molecule has 12 heteroatoms. The Balaban J connectivity index is 1.47. The number of fused-ring (bicyclic) bond motifs is 1. The number of hydrogen-bond donors (Lipinski definition) is 3. The van der Waals surface area contributed by atoms with Crippen molar-refractivity contribution in [3.05, 3.63) is 86.8 Å². The first-order valence-corrected chi connectivity index (χ1v) is 14.5. The van der Waals surface area contributed by atoms with E-state index in [1.807, 2.05) is 26.0 Å². The lowest BCUT2D eigenvalue weighted by atomic mass is 9.89. The van der Waals surface area contributed by atoms with Gasteiger partial charge in [-0.2, -0.15) is 18.3 Å². The molecule has 43 heavy (non-hydrogen) atoms. The second-order valence-corrected chi connectivity index (χ2v) is 12.2. The minimum atomic E-state index is -4.72. The number of hydrogen-bond acceptors (Lipinski definition) is 5. The fourth-order valence-electron chi connectivity index (χ4n) is 4.63. The van der Waals surface area contributed by atoms with Gasteiger partial charge in [0.25, 0.3) is 11.8 Å². The molecule has 0 radical (unpaired) electrons. The van der Waals surface area contributed by atoms with Crippen LogP contribution in [-0.2, 0) is 12.7 Å². The normalized spacial score (nSPS) is 12.0. The molecule has 0 aliphatic carbocycles. The van der Waals surface area contributed by atoms with Gasteiger partial charge in [0.1, 0.15) is 5.69 Å². The lowest BCUT2D eigenvalue weighted by Gasteiger charge is -2.21. The van der Waals surface area contributed by atoms with E-state index in [4.69, 9.17) is 0 Å². The van der Waals surface area contributed by atoms with Crippen molar-refractivity contribution in [1.29, 1.82) is 0 Å². The molecule has 2 heterocycles. The number of halogens is 4. The van der Waals surface area contributed by atoms with Gasteiger partial charge in [-0.25, -0.2) is 4.98 Å². The number of carbonyl (C=O) groups excluding carboxylic acids is 2. The van der Waals surface area contributed by atoms with Crippen LogP contribution in [0.15, 0.2) is 53.0 Å². The summed E-state index contributed by atoms with van der Waals surface area (Å²) >= 11 is 3.31. The number of aliphatic hydroxyl groups is 1. The van der Waals surface area contributed by atoms with Crippen LogP contribution in [0.2, 0.25) is 0 Å². The summed E-state index contributed by atoms with van der Waals surface area (Å²) in [5, 5.41) is 19.8. The molecule has 0 atom stereocenters. The predicted octanol–water partition coefficient (Wildman–Crippen LogP) is 6.66. The van der Waals surface area contributed by atoms with Crippen molar-refractivity contribution >= 4 is 44.3 Å². The number of anilines is 1. The molecule has 2 aromatic carbocycles. The molecule has 0 aliphatic rings. The Morgan fingerprint density at radius 3 is 2.37 bits per heavy atom. The molecule has 3 N–H and O–H groups in total. The summed E-state index contributed by atoms with van der Waals surface area (Å²) in [6, 6.07) is 12.4. The highest BCUT2D eigenvalue weighted by atomic mass is 79.9. The first-order chi connectivity index (χ1) is 20.2. The number of nitrogens with zero attached hydrogens (tertiary/aromatic N) is 3. The van der Waals surface area contributed by atoms with E-state index in [0.717, 1.165) is 24.5 Å². The third-order valence-corrected chi connectivity index (χ3v) is 7.71. The van der Waals surface area contributed by atoms with Crippen molar-refractivity contribution in [2.24, 2.45) is 5.41 Å². The Hall–Kier alpha value is -3.77. The smallest absolute Gasteiger partial charge is 0.396 e. The van der Waals surface area contributed by atoms with Crippen LogP contribution in [0.1, 0.15) is 70.1 Å². The predicted molar refractivity (Wildman–Crippen MR) is 162 cm³/mol. The maximum Gasteiger partial charge on any atom is 0.433 e. The van der Waals surface area contributed by atoms with Gasteiger partial charge >= 0.3 is 6.18 Å². The van der Waals surface area contributed by atoms with E-state index in [9.17, 15) is 27.9 Å². The minimum absolute atomic E-state index is 0.0510. The summed E-state index contributed by atoms with van der Waals surface area (Å²) < 4.78 is 42.9. The molecule has 0 bridgehead atoms. The standard InChI is InChI=1S/C31H33BrF3N5O3/c1-18-27(38-29(43)24-15-26(31(33,34)35)37-25-11-10-22(32)14-23(24)25)19(2)40(39-18)16-20-6-8-21(9-7-20)28(42)36-13-5-12-30(3,4)17-41/h6-11,14-15,41H,5,12-13,16-17H2,1-4H3,(H,36,42)(H,38,43). The maximum atomic E-state index is 13.5. The topological polar surface area (TPSA) is 109 Å². The van der Waals surface area contributed by atoms with Crippen molar-refractivity contribution in [3.8, 4) is 0 Å². The molecule has 0 saturated heterocycles. The molecule has 2 aromatic heterocycles. The highest BCUT2D eigenvalue weighted by molar-refractivity contribution is 9.10. The number of nitrogens with one attached hydrogen (secondary N) is 2. The largest absolute Gasteiger partial charge is 0.433 e. The quantitative estimate of drug-likeness (QED) is 0.165. The van der Waals surface area contributed by atoms with Gasteiger partial charge in [0, 0.05) is 28.6 Å². The number of amides is 2. The zero-order chi connectivity index (χ0) is 31.5. The third-order valence-electron chi connectivity index (χ3n) is 7.22. The van der Waals surface area contributed by atoms with Gasteiger partial charge in [0.05, 0.1) is 34.7 Å². The van der Waals surface area contributed by atoms with E-state index in [1.54, 1.807) is 42.8 Å². The van der Waals surface area contributed by atoms with Gasteiger partial charge in [0.15, 0.2) is 0 Å². The van der Waals surface area contributed by atoms with Gasteiger partial charge in [0.2, 0.25) is 0 Å². The molecule has 0 saturated carbocycles. The first kappa shape index (κ1) is 32.2. The fourth-order valence-corrected chi connectivity index (χ4v) is 4.99.